The number of carbonyl (C=O) groups is 3. The van der Waals surface area contributed by atoms with Crippen molar-refractivity contribution < 1.29 is 28.2 Å². The van der Waals surface area contributed by atoms with Crippen molar-refractivity contribution in [2.24, 2.45) is 0 Å². The quantitative estimate of drug-likeness (QED) is 0.315. The number of rotatable bonds is 9. The van der Waals surface area contributed by atoms with Gasteiger partial charge in [-0.05, 0) is 48.9 Å². The van der Waals surface area contributed by atoms with Gasteiger partial charge < -0.3 is 19.5 Å². The molecule has 0 fully saturated rings. The lowest BCUT2D eigenvalue weighted by molar-refractivity contribution is -0.119. The largest absolute Gasteiger partial charge is 0.462 e. The van der Waals surface area contributed by atoms with Gasteiger partial charge in [-0.3, -0.25) is 4.79 Å². The number of esters is 2. The molecule has 10 heteroatoms. The standard InChI is InChI=1S/C23H21FN2O5S2/c1-3-30-23(29)18-12-19(14-7-9-16(24)10-8-14)33-21(18)25-20(27)13-31-22(28)15-5-4-6-17(11-15)26-32-2/h4-12,26H,3,13H2,1-2H3,(H,25,27). The number of anilines is 2. The molecule has 33 heavy (non-hydrogen) atoms. The van der Waals surface area contributed by atoms with E-state index in [2.05, 4.69) is 10.0 Å². The molecular weight excluding hydrogens is 467 g/mol. The van der Waals surface area contributed by atoms with E-state index in [1.54, 1.807) is 49.4 Å². The van der Waals surface area contributed by atoms with Gasteiger partial charge in [-0.2, -0.15) is 0 Å². The van der Waals surface area contributed by atoms with Crippen molar-refractivity contribution >= 4 is 51.8 Å². The van der Waals surface area contributed by atoms with Crippen molar-refractivity contribution in [1.82, 2.24) is 0 Å². The Morgan fingerprint density at radius 1 is 1.03 bits per heavy atom. The molecule has 1 heterocycles. The Hall–Kier alpha value is -3.37. The van der Waals surface area contributed by atoms with Gasteiger partial charge in [0.1, 0.15) is 10.8 Å². The number of amides is 1. The van der Waals surface area contributed by atoms with Crippen LogP contribution in [0.4, 0.5) is 15.1 Å². The highest BCUT2D eigenvalue weighted by atomic mass is 32.2. The number of thiophene rings is 1. The predicted molar refractivity (Wildman–Crippen MR) is 128 cm³/mol. The normalized spacial score (nSPS) is 10.4. The third-order valence-electron chi connectivity index (χ3n) is 4.26. The maximum Gasteiger partial charge on any atom is 0.341 e. The fourth-order valence-corrected chi connectivity index (χ4v) is 4.24. The molecule has 0 saturated heterocycles. The van der Waals surface area contributed by atoms with Crippen LogP contribution in [0.15, 0.2) is 54.6 Å². The van der Waals surface area contributed by atoms with E-state index < -0.39 is 24.5 Å². The zero-order valence-corrected chi connectivity index (χ0v) is 19.5. The summed E-state index contributed by atoms with van der Waals surface area (Å²) in [5.41, 5.74) is 1.87. The van der Waals surface area contributed by atoms with Crippen LogP contribution in [0.25, 0.3) is 10.4 Å². The van der Waals surface area contributed by atoms with Crippen molar-refractivity contribution in [2.45, 2.75) is 6.92 Å². The van der Waals surface area contributed by atoms with Gasteiger partial charge in [-0.15, -0.1) is 11.3 Å². The molecule has 0 aliphatic heterocycles. The van der Waals surface area contributed by atoms with Gasteiger partial charge >= 0.3 is 11.9 Å². The van der Waals surface area contributed by atoms with Gasteiger partial charge in [-0.25, -0.2) is 14.0 Å². The lowest BCUT2D eigenvalue weighted by Gasteiger charge is -2.08. The van der Waals surface area contributed by atoms with Crippen molar-refractivity contribution in [3.8, 4) is 10.4 Å². The van der Waals surface area contributed by atoms with E-state index in [4.69, 9.17) is 9.47 Å². The zero-order chi connectivity index (χ0) is 23.8. The molecule has 2 aromatic carbocycles. The third kappa shape index (κ3) is 6.56. The zero-order valence-electron chi connectivity index (χ0n) is 17.8. The molecule has 3 rings (SSSR count). The first kappa shape index (κ1) is 24.3. The maximum atomic E-state index is 13.2. The Labute approximate surface area is 198 Å². The first-order chi connectivity index (χ1) is 15.9. The van der Waals surface area contributed by atoms with Crippen molar-refractivity contribution in [1.29, 1.82) is 0 Å². The molecule has 0 aliphatic rings. The average molecular weight is 489 g/mol. The molecule has 0 bridgehead atoms. The van der Waals surface area contributed by atoms with Crippen LogP contribution in [0.2, 0.25) is 0 Å². The SMILES string of the molecule is CCOC(=O)c1cc(-c2ccc(F)cc2)sc1NC(=O)COC(=O)c1cccc(NSC)c1. The van der Waals surface area contributed by atoms with Gasteiger partial charge in [0, 0.05) is 16.8 Å². The van der Waals surface area contributed by atoms with Crippen LogP contribution >= 0.6 is 23.3 Å². The summed E-state index contributed by atoms with van der Waals surface area (Å²) in [6, 6.07) is 14.0. The summed E-state index contributed by atoms with van der Waals surface area (Å²) in [4.78, 5) is 37.7. The van der Waals surface area contributed by atoms with Crippen molar-refractivity contribution in [3.63, 3.8) is 0 Å². The highest BCUT2D eigenvalue weighted by Gasteiger charge is 2.20. The first-order valence-electron chi connectivity index (χ1n) is 9.84. The predicted octanol–water partition coefficient (Wildman–Crippen LogP) is 5.22. The minimum absolute atomic E-state index is 0.163. The number of halogens is 1. The molecule has 3 aromatic rings. The number of nitrogens with one attached hydrogen (secondary N) is 2. The van der Waals surface area contributed by atoms with E-state index in [1.807, 2.05) is 6.26 Å². The number of hydrogen-bond acceptors (Lipinski definition) is 8. The molecule has 0 unspecified atom stereocenters. The second-order valence-corrected chi connectivity index (χ2v) is 8.26. The highest BCUT2D eigenvalue weighted by Crippen LogP contribution is 2.36. The summed E-state index contributed by atoms with van der Waals surface area (Å²) < 4.78 is 26.4. The monoisotopic (exact) mass is 488 g/mol. The summed E-state index contributed by atoms with van der Waals surface area (Å²) in [5, 5.41) is 2.85. The molecule has 0 atom stereocenters. The molecule has 7 nitrogen and oxygen atoms in total. The van der Waals surface area contributed by atoms with Crippen LogP contribution in [-0.4, -0.2) is 37.3 Å². The Bertz CT molecular complexity index is 1150. The summed E-state index contributed by atoms with van der Waals surface area (Å²) in [5.74, 6) is -2.25. The second-order valence-electron chi connectivity index (χ2n) is 6.59. The fraction of sp³-hybridized carbons (Fsp3) is 0.174. The minimum Gasteiger partial charge on any atom is -0.462 e. The Morgan fingerprint density at radius 3 is 2.48 bits per heavy atom. The number of benzene rings is 2. The van der Waals surface area contributed by atoms with Gasteiger partial charge in [0.05, 0.1) is 17.7 Å². The van der Waals surface area contributed by atoms with Gasteiger partial charge in [0.15, 0.2) is 6.61 Å². The topological polar surface area (TPSA) is 93.7 Å². The summed E-state index contributed by atoms with van der Waals surface area (Å²) in [6.45, 7) is 1.30. The maximum absolute atomic E-state index is 13.2. The van der Waals surface area contributed by atoms with E-state index in [9.17, 15) is 18.8 Å². The molecule has 0 aliphatic carbocycles. The van der Waals surface area contributed by atoms with Crippen LogP contribution in [0.5, 0.6) is 0 Å². The van der Waals surface area contributed by atoms with E-state index in [0.717, 1.165) is 17.0 Å². The van der Waals surface area contributed by atoms with Crippen LogP contribution in [0.3, 0.4) is 0 Å². The molecule has 0 radical (unpaired) electrons. The van der Waals surface area contributed by atoms with Gasteiger partial charge in [-0.1, -0.05) is 30.1 Å². The average Bonchev–Trinajstić information content (AvgIpc) is 3.22. The van der Waals surface area contributed by atoms with E-state index in [-0.39, 0.29) is 23.0 Å². The minimum atomic E-state index is -0.654. The van der Waals surface area contributed by atoms with Crippen molar-refractivity contribution in [3.05, 3.63) is 71.5 Å². The highest BCUT2D eigenvalue weighted by molar-refractivity contribution is 7.99. The molecule has 1 amide bonds. The van der Waals surface area contributed by atoms with Crippen molar-refractivity contribution in [2.75, 3.05) is 29.5 Å². The molecule has 2 N–H and O–H groups in total. The Morgan fingerprint density at radius 2 is 1.79 bits per heavy atom. The molecule has 0 spiro atoms. The van der Waals surface area contributed by atoms with Crippen LogP contribution in [0.1, 0.15) is 27.6 Å². The molecule has 1 aromatic heterocycles. The van der Waals surface area contributed by atoms with E-state index in [0.29, 0.717) is 16.0 Å². The van der Waals surface area contributed by atoms with Crippen LogP contribution < -0.4 is 10.0 Å². The van der Waals surface area contributed by atoms with E-state index in [1.165, 1.54) is 24.1 Å². The molecule has 172 valence electrons. The number of carbonyl (C=O) groups excluding carboxylic acids is 3. The Balaban J connectivity index is 1.71. The molecular formula is C23H21FN2O5S2. The smallest absolute Gasteiger partial charge is 0.341 e. The van der Waals surface area contributed by atoms with Crippen LogP contribution in [-0.2, 0) is 14.3 Å². The van der Waals surface area contributed by atoms with Gasteiger partial charge in [0.2, 0.25) is 0 Å². The van der Waals surface area contributed by atoms with E-state index >= 15 is 0 Å². The third-order valence-corrected chi connectivity index (χ3v) is 5.80. The summed E-state index contributed by atoms with van der Waals surface area (Å²) in [7, 11) is 0. The lowest BCUT2D eigenvalue weighted by atomic mass is 10.1. The van der Waals surface area contributed by atoms with Crippen LogP contribution in [0, 0.1) is 5.82 Å². The number of ether oxygens (including phenoxy) is 2. The summed E-state index contributed by atoms with van der Waals surface area (Å²) >= 11 is 2.51. The molecule has 0 saturated carbocycles. The lowest BCUT2D eigenvalue weighted by Crippen LogP contribution is -2.21. The summed E-state index contributed by atoms with van der Waals surface area (Å²) in [6.07, 6.45) is 1.85. The fourth-order valence-electron chi connectivity index (χ4n) is 2.81. The number of hydrogen-bond donors (Lipinski definition) is 2. The Kier molecular flexibility index (Phi) is 8.45. The first-order valence-corrected chi connectivity index (χ1v) is 11.9. The second kappa shape index (κ2) is 11.5. The van der Waals surface area contributed by atoms with Gasteiger partial charge in [0.25, 0.3) is 5.91 Å².